The summed E-state index contributed by atoms with van der Waals surface area (Å²) < 4.78 is 4.92. The van der Waals surface area contributed by atoms with Gasteiger partial charge in [0.25, 0.3) is 11.8 Å². The first-order valence-electron chi connectivity index (χ1n) is 24.0. The zero-order chi connectivity index (χ0) is 52.4. The van der Waals surface area contributed by atoms with Gasteiger partial charge in [0, 0.05) is 48.2 Å². The predicted octanol–water partition coefficient (Wildman–Crippen LogP) is 8.66. The third kappa shape index (κ3) is 15.1. The van der Waals surface area contributed by atoms with E-state index in [1.54, 1.807) is 38.1 Å². The molecule has 0 radical (unpaired) electrons. The Morgan fingerprint density at radius 1 is 0.676 bits per heavy atom. The molecule has 3 amide bonds. The number of aliphatic imine (C=N–C) groups is 2. The summed E-state index contributed by atoms with van der Waals surface area (Å²) in [4.78, 5) is 86.7. The minimum Gasteiger partial charge on any atom is -0.481 e. The summed E-state index contributed by atoms with van der Waals surface area (Å²) in [7, 11) is 3.41. The van der Waals surface area contributed by atoms with E-state index in [4.69, 9.17) is 15.5 Å². The molecule has 71 heavy (non-hydrogen) atoms. The molecule has 0 saturated heterocycles. The fraction of sp³-hybridized carbons (Fsp3) is 0.368. The van der Waals surface area contributed by atoms with Crippen molar-refractivity contribution in [3.05, 3.63) is 157 Å². The fourth-order valence-corrected chi connectivity index (χ4v) is 8.61. The lowest BCUT2D eigenvalue weighted by Gasteiger charge is -2.27. The third-order valence-electron chi connectivity index (χ3n) is 12.1. The number of fused-ring (bicyclic) bond motifs is 2. The van der Waals surface area contributed by atoms with Gasteiger partial charge in [-0.25, -0.2) is 4.99 Å². The molecular weight excluding hydrogens is 897 g/mol. The highest BCUT2D eigenvalue weighted by Crippen LogP contribution is 2.31. The number of para-hydroxylation sites is 2. The molecular formula is C57H70N6O8. The van der Waals surface area contributed by atoms with Crippen molar-refractivity contribution in [1.82, 2.24) is 5.32 Å². The number of nitrogens with zero attached hydrogens (tertiary/aromatic N) is 4. The number of hydrogen-bond donors (Lipinski definition) is 3. The van der Waals surface area contributed by atoms with Gasteiger partial charge in [-0.3, -0.25) is 33.8 Å². The molecule has 0 fully saturated rings. The highest BCUT2D eigenvalue weighted by molar-refractivity contribution is 6.21. The molecule has 0 aromatic heterocycles. The van der Waals surface area contributed by atoms with Gasteiger partial charge in [0.15, 0.2) is 6.17 Å². The first-order chi connectivity index (χ1) is 33.9. The van der Waals surface area contributed by atoms with E-state index in [9.17, 15) is 33.9 Å². The normalized spacial score (nSPS) is 16.8. The van der Waals surface area contributed by atoms with Gasteiger partial charge in [0.2, 0.25) is 12.1 Å². The number of ether oxygens (including phenoxy) is 1. The molecule has 6 rings (SSSR count). The molecule has 4 N–H and O–H groups in total. The number of benzodiazepines with no additional fused rings is 2. The van der Waals surface area contributed by atoms with E-state index in [1.165, 1.54) is 11.8 Å². The number of carboxylic acids is 1. The summed E-state index contributed by atoms with van der Waals surface area (Å²) in [5, 5.41) is 12.1. The first-order valence-corrected chi connectivity index (χ1v) is 24.0. The number of amides is 3. The van der Waals surface area contributed by atoms with Crippen LogP contribution in [0.4, 0.5) is 11.4 Å². The molecule has 6 atom stereocenters. The van der Waals surface area contributed by atoms with Crippen LogP contribution in [-0.2, 0) is 33.5 Å². The minimum absolute atomic E-state index is 0.0640. The zero-order valence-electron chi connectivity index (χ0n) is 42.3. The monoisotopic (exact) mass is 967 g/mol. The highest BCUT2D eigenvalue weighted by atomic mass is 16.5. The molecule has 0 aliphatic carbocycles. The van der Waals surface area contributed by atoms with Crippen molar-refractivity contribution in [3.63, 3.8) is 0 Å². The lowest BCUT2D eigenvalue weighted by atomic mass is 9.80. The van der Waals surface area contributed by atoms with Crippen molar-refractivity contribution < 1.29 is 38.6 Å². The van der Waals surface area contributed by atoms with Crippen LogP contribution in [0, 0.1) is 35.5 Å². The summed E-state index contributed by atoms with van der Waals surface area (Å²) in [6.45, 7) is 18.7. The number of allylic oxidation sites excluding steroid dienone is 2. The standard InChI is InChI=1S/C28H33N3O3.C16H15N3O.C13H22O4/c1-6-12-21(19(4)32)23(17-18(2)3)27(33)30-26-28(34)31(5)24-16-11-10-15-22(24)25(29-26)20-13-8-7-9-14-20;1-19-13-10-6-5-9-12(13)14(18-15(17)16(19)20)11-7-3-2-4-8-11;1-5-7-10(13(16)17-6-2)11(12(14)15)8-9(3)4/h6-11,13-16,18,21,23,26H,1,12,17H2,2-5H3,(H,30,33);2-10,15H,17H2,1H3;5,9-11H,1,6-8H2,2-4H3,(H,14,15)/t21-,23-,26?;;10-,11+/m1.0/s1. The van der Waals surface area contributed by atoms with Gasteiger partial charge in [0.1, 0.15) is 5.78 Å². The topological polar surface area (TPSA) is 201 Å². The van der Waals surface area contributed by atoms with Gasteiger partial charge < -0.3 is 30.7 Å². The Hall–Kier alpha value is -7.32. The largest absolute Gasteiger partial charge is 0.481 e. The number of rotatable bonds is 18. The van der Waals surface area contributed by atoms with Crippen molar-refractivity contribution in [2.24, 2.45) is 51.2 Å². The number of nitrogens with one attached hydrogen (secondary N) is 1. The quantitative estimate of drug-likeness (QED) is 0.0645. The van der Waals surface area contributed by atoms with Crippen LogP contribution in [0.15, 0.2) is 144 Å². The maximum absolute atomic E-state index is 13.5. The van der Waals surface area contributed by atoms with E-state index in [-0.39, 0.29) is 41.9 Å². The SMILES string of the molecule is C=CC[C@H](C(=O)OCC)[C@@H](CC(C)C)C(=O)O.C=CC[C@H](C(C)=O)[C@@H](CC(C)C)C(=O)NC1N=C(c2ccccc2)c2ccccc2N(C)C1=O.CN1C(=O)C(N)N=C(c2ccccc2)c2ccccc21. The molecule has 0 spiro atoms. The van der Waals surface area contributed by atoms with Crippen molar-refractivity contribution in [2.45, 2.75) is 79.6 Å². The Balaban J connectivity index is 0.000000252. The second-order valence-corrected chi connectivity index (χ2v) is 18.3. The number of Topliss-reactive ketones (excluding diaryl/α,β-unsaturated/α-hetero) is 1. The number of likely N-dealkylation sites (N-methyl/N-ethyl adjacent to an activating group) is 2. The van der Waals surface area contributed by atoms with Crippen molar-refractivity contribution in [1.29, 1.82) is 0 Å². The van der Waals surface area contributed by atoms with E-state index >= 15 is 0 Å². The number of carbonyl (C=O) groups excluding carboxylic acids is 5. The summed E-state index contributed by atoms with van der Waals surface area (Å²) in [6.07, 6.45) is 2.99. The van der Waals surface area contributed by atoms with Crippen LogP contribution in [0.3, 0.4) is 0 Å². The Bertz CT molecular complexity index is 2560. The Kier molecular flexibility index (Phi) is 21.5. The molecule has 2 aliphatic rings. The number of anilines is 2. The second kappa shape index (κ2) is 27.2. The number of esters is 1. The van der Waals surface area contributed by atoms with Crippen molar-refractivity contribution in [3.8, 4) is 0 Å². The molecule has 376 valence electrons. The minimum atomic E-state index is -1.11. The van der Waals surface area contributed by atoms with Crippen LogP contribution in [-0.4, -0.2) is 85.0 Å². The fourth-order valence-electron chi connectivity index (χ4n) is 8.61. The van der Waals surface area contributed by atoms with Crippen molar-refractivity contribution in [2.75, 3.05) is 30.5 Å². The Labute approximate surface area is 418 Å². The van der Waals surface area contributed by atoms with Gasteiger partial charge in [-0.05, 0) is 63.5 Å². The second-order valence-electron chi connectivity index (χ2n) is 18.3. The summed E-state index contributed by atoms with van der Waals surface area (Å²) in [6, 6.07) is 34.7. The average molecular weight is 967 g/mol. The summed E-state index contributed by atoms with van der Waals surface area (Å²) >= 11 is 0. The number of carbonyl (C=O) groups is 6. The molecule has 14 nitrogen and oxygen atoms in total. The van der Waals surface area contributed by atoms with Crippen LogP contribution >= 0.6 is 0 Å². The van der Waals surface area contributed by atoms with Gasteiger partial charge in [0.05, 0.1) is 41.2 Å². The smallest absolute Gasteiger partial charge is 0.310 e. The molecule has 0 saturated carbocycles. The summed E-state index contributed by atoms with van der Waals surface area (Å²) in [5.41, 5.74) is 12.4. The Morgan fingerprint density at radius 2 is 1.11 bits per heavy atom. The maximum atomic E-state index is 13.5. The number of hydrogen-bond acceptors (Lipinski definition) is 10. The number of benzene rings is 4. The summed E-state index contributed by atoms with van der Waals surface area (Å²) in [5.74, 6) is -4.32. The van der Waals surface area contributed by atoms with E-state index in [0.29, 0.717) is 31.4 Å². The highest BCUT2D eigenvalue weighted by Gasteiger charge is 2.37. The van der Waals surface area contributed by atoms with E-state index in [2.05, 4.69) is 23.5 Å². The van der Waals surface area contributed by atoms with Crippen LogP contribution in [0.5, 0.6) is 0 Å². The maximum Gasteiger partial charge on any atom is 0.310 e. The van der Waals surface area contributed by atoms with Gasteiger partial charge in [-0.1, -0.05) is 137 Å². The zero-order valence-corrected chi connectivity index (χ0v) is 42.3. The first kappa shape index (κ1) is 56.3. The predicted molar refractivity (Wildman–Crippen MR) is 281 cm³/mol. The van der Waals surface area contributed by atoms with Crippen LogP contribution in [0.2, 0.25) is 0 Å². The van der Waals surface area contributed by atoms with Crippen LogP contribution in [0.1, 0.15) is 89.5 Å². The van der Waals surface area contributed by atoms with Crippen LogP contribution in [0.25, 0.3) is 0 Å². The van der Waals surface area contributed by atoms with E-state index < -0.39 is 47.9 Å². The van der Waals surface area contributed by atoms with Gasteiger partial charge >= 0.3 is 11.9 Å². The molecule has 0 bridgehead atoms. The molecule has 2 unspecified atom stereocenters. The van der Waals surface area contributed by atoms with Gasteiger partial charge in [-0.2, -0.15) is 0 Å². The van der Waals surface area contributed by atoms with E-state index in [0.717, 1.165) is 39.3 Å². The number of nitrogens with two attached hydrogens (primary N) is 1. The molecule has 2 aliphatic heterocycles. The van der Waals surface area contributed by atoms with Crippen molar-refractivity contribution >= 4 is 58.2 Å². The Morgan fingerprint density at radius 3 is 1.56 bits per heavy atom. The lowest BCUT2D eigenvalue weighted by molar-refractivity contribution is -0.158. The number of carboxylic acid groups (broad SMARTS) is 1. The molecule has 4 aromatic rings. The number of aliphatic carboxylic acids is 1. The van der Waals surface area contributed by atoms with E-state index in [1.807, 2.05) is 137 Å². The van der Waals surface area contributed by atoms with Gasteiger partial charge in [-0.15, -0.1) is 13.2 Å². The average Bonchev–Trinajstić information content (AvgIpc) is 3.52. The van der Waals surface area contributed by atoms with Crippen LogP contribution < -0.4 is 20.9 Å². The third-order valence-corrected chi connectivity index (χ3v) is 12.1. The molecule has 2 heterocycles. The lowest BCUT2D eigenvalue weighted by Crippen LogP contribution is -2.49. The molecule has 4 aromatic carbocycles. The molecule has 14 heteroatoms. The number of ketones is 1.